The number of rotatable bonds is 6. The van der Waals surface area contributed by atoms with Gasteiger partial charge >= 0.3 is 0 Å². The van der Waals surface area contributed by atoms with Crippen molar-refractivity contribution < 1.29 is 8.83 Å². The normalized spacial score (nSPS) is 11.4. The molecule has 0 saturated carbocycles. The van der Waals surface area contributed by atoms with Crippen molar-refractivity contribution in [3.8, 4) is 0 Å². The first-order valence-electron chi connectivity index (χ1n) is 8.02. The van der Waals surface area contributed by atoms with Crippen LogP contribution < -0.4 is 5.56 Å². The minimum Gasteiger partial charge on any atom is -0.468 e. The molecule has 126 valence electrons. The highest BCUT2D eigenvalue weighted by molar-refractivity contribution is 5.38. The molecule has 4 aromatic rings. The molecule has 25 heavy (non-hydrogen) atoms. The molecule has 4 aromatic heterocycles. The van der Waals surface area contributed by atoms with E-state index < -0.39 is 0 Å². The lowest BCUT2D eigenvalue weighted by Gasteiger charge is -2.19. The summed E-state index contributed by atoms with van der Waals surface area (Å²) < 4.78 is 12.4. The van der Waals surface area contributed by atoms with E-state index in [-0.39, 0.29) is 5.56 Å². The molecule has 4 rings (SSSR count). The highest BCUT2D eigenvalue weighted by Gasteiger charge is 2.13. The van der Waals surface area contributed by atoms with Crippen molar-refractivity contribution in [2.24, 2.45) is 0 Å². The quantitative estimate of drug-likeness (QED) is 0.542. The molecule has 0 aliphatic carbocycles. The van der Waals surface area contributed by atoms with Crippen molar-refractivity contribution >= 4 is 5.65 Å². The number of aromatic nitrogens is 2. The fraction of sp³-hybridized carbons (Fsp3) is 0.158. The summed E-state index contributed by atoms with van der Waals surface area (Å²) in [5.74, 6) is 1.70. The molecule has 0 aliphatic rings. The van der Waals surface area contributed by atoms with Gasteiger partial charge in [-0.3, -0.25) is 14.1 Å². The van der Waals surface area contributed by atoms with Gasteiger partial charge in [-0.15, -0.1) is 0 Å². The van der Waals surface area contributed by atoms with Crippen LogP contribution in [0.1, 0.15) is 17.2 Å². The molecule has 0 aliphatic heterocycles. The molecule has 0 fully saturated rings. The fourth-order valence-electron chi connectivity index (χ4n) is 2.83. The summed E-state index contributed by atoms with van der Waals surface area (Å²) >= 11 is 0. The predicted molar refractivity (Wildman–Crippen MR) is 91.8 cm³/mol. The number of hydrogen-bond acceptors (Lipinski definition) is 5. The van der Waals surface area contributed by atoms with Crippen LogP contribution in [0.15, 0.2) is 80.9 Å². The molecule has 0 bridgehead atoms. The fourth-order valence-corrected chi connectivity index (χ4v) is 2.83. The van der Waals surface area contributed by atoms with Gasteiger partial charge in [-0.05, 0) is 36.4 Å². The van der Waals surface area contributed by atoms with Crippen LogP contribution in [0.25, 0.3) is 5.65 Å². The van der Waals surface area contributed by atoms with E-state index in [1.807, 2.05) is 42.5 Å². The summed E-state index contributed by atoms with van der Waals surface area (Å²) in [4.78, 5) is 19.0. The second-order valence-corrected chi connectivity index (χ2v) is 5.82. The number of pyridine rings is 1. The van der Waals surface area contributed by atoms with Crippen LogP contribution in [0, 0.1) is 0 Å². The maximum absolute atomic E-state index is 12.3. The van der Waals surface area contributed by atoms with Crippen LogP contribution in [-0.4, -0.2) is 14.3 Å². The summed E-state index contributed by atoms with van der Waals surface area (Å²) in [6.45, 7) is 1.72. The summed E-state index contributed by atoms with van der Waals surface area (Å²) in [5.41, 5.74) is 1.27. The van der Waals surface area contributed by atoms with Crippen molar-refractivity contribution in [2.45, 2.75) is 19.6 Å². The summed E-state index contributed by atoms with van der Waals surface area (Å²) in [7, 11) is 0. The molecule has 0 spiro atoms. The molecule has 0 saturated heterocycles. The van der Waals surface area contributed by atoms with E-state index in [9.17, 15) is 4.79 Å². The maximum Gasteiger partial charge on any atom is 0.258 e. The van der Waals surface area contributed by atoms with E-state index in [1.54, 1.807) is 24.8 Å². The third kappa shape index (κ3) is 3.54. The standard InChI is InChI=1S/C19H17N3O3/c23-19-11-15(20-18-7-1-2-8-22(18)19)12-21(13-16-5-3-9-24-16)14-17-6-4-10-25-17/h1-11H,12-14H2. The average molecular weight is 335 g/mol. The van der Waals surface area contributed by atoms with E-state index >= 15 is 0 Å². The average Bonchev–Trinajstić information content (AvgIpc) is 3.29. The molecule has 0 aromatic carbocycles. The van der Waals surface area contributed by atoms with Gasteiger partial charge in [0.05, 0.1) is 31.3 Å². The Hall–Kier alpha value is -3.12. The number of furan rings is 2. The Kier molecular flexibility index (Phi) is 4.18. The van der Waals surface area contributed by atoms with Crippen LogP contribution in [0.5, 0.6) is 0 Å². The zero-order valence-corrected chi connectivity index (χ0v) is 13.5. The van der Waals surface area contributed by atoms with E-state index in [0.29, 0.717) is 31.0 Å². The lowest BCUT2D eigenvalue weighted by atomic mass is 10.3. The van der Waals surface area contributed by atoms with Crippen LogP contribution in [0.3, 0.4) is 0 Å². The van der Waals surface area contributed by atoms with E-state index in [1.165, 1.54) is 4.40 Å². The van der Waals surface area contributed by atoms with Crippen molar-refractivity contribution in [1.29, 1.82) is 0 Å². The molecule has 0 amide bonds. The van der Waals surface area contributed by atoms with Crippen LogP contribution >= 0.6 is 0 Å². The van der Waals surface area contributed by atoms with Gasteiger partial charge in [-0.25, -0.2) is 4.98 Å². The topological polar surface area (TPSA) is 63.9 Å². The number of nitrogens with zero attached hydrogens (tertiary/aromatic N) is 3. The first kappa shape index (κ1) is 15.4. The second-order valence-electron chi connectivity index (χ2n) is 5.82. The van der Waals surface area contributed by atoms with Gasteiger partial charge in [0.1, 0.15) is 17.2 Å². The predicted octanol–water partition coefficient (Wildman–Crippen LogP) is 3.08. The van der Waals surface area contributed by atoms with Crippen molar-refractivity contribution in [2.75, 3.05) is 0 Å². The van der Waals surface area contributed by atoms with E-state index in [4.69, 9.17) is 8.83 Å². The van der Waals surface area contributed by atoms with Gasteiger partial charge in [0, 0.05) is 18.8 Å². The Morgan fingerprint density at radius 3 is 2.28 bits per heavy atom. The van der Waals surface area contributed by atoms with Gasteiger partial charge < -0.3 is 8.83 Å². The highest BCUT2D eigenvalue weighted by atomic mass is 16.3. The summed E-state index contributed by atoms with van der Waals surface area (Å²) in [6.07, 6.45) is 5.03. The molecule has 6 heteroatoms. The van der Waals surface area contributed by atoms with Crippen LogP contribution in [0.2, 0.25) is 0 Å². The van der Waals surface area contributed by atoms with Crippen LogP contribution in [-0.2, 0) is 19.6 Å². The third-order valence-electron chi connectivity index (χ3n) is 3.93. The Morgan fingerprint density at radius 1 is 0.920 bits per heavy atom. The third-order valence-corrected chi connectivity index (χ3v) is 3.93. The Bertz CT molecular complexity index is 968. The SMILES string of the molecule is O=c1cc(CN(Cc2ccco2)Cc2ccco2)nc2ccccn12. The molecular formula is C19H17N3O3. The molecule has 4 heterocycles. The minimum absolute atomic E-state index is 0.0865. The molecule has 0 N–H and O–H groups in total. The molecular weight excluding hydrogens is 318 g/mol. The van der Waals surface area contributed by atoms with Gasteiger partial charge in [0.15, 0.2) is 0 Å². The molecule has 6 nitrogen and oxygen atoms in total. The maximum atomic E-state index is 12.3. The minimum atomic E-state index is -0.0865. The number of hydrogen-bond donors (Lipinski definition) is 0. The zero-order valence-electron chi connectivity index (χ0n) is 13.5. The lowest BCUT2D eigenvalue weighted by molar-refractivity contribution is 0.207. The first-order chi connectivity index (χ1) is 12.3. The number of fused-ring (bicyclic) bond motifs is 1. The monoisotopic (exact) mass is 335 g/mol. The first-order valence-corrected chi connectivity index (χ1v) is 8.02. The van der Waals surface area contributed by atoms with E-state index in [0.717, 1.165) is 11.5 Å². The van der Waals surface area contributed by atoms with Gasteiger partial charge in [0.25, 0.3) is 5.56 Å². The summed E-state index contributed by atoms with van der Waals surface area (Å²) in [6, 6.07) is 14.7. The molecule has 0 atom stereocenters. The second kappa shape index (κ2) is 6.78. The zero-order chi connectivity index (χ0) is 17.1. The largest absolute Gasteiger partial charge is 0.468 e. The van der Waals surface area contributed by atoms with Crippen molar-refractivity contribution in [1.82, 2.24) is 14.3 Å². The Balaban J connectivity index is 1.62. The Morgan fingerprint density at radius 2 is 1.64 bits per heavy atom. The smallest absolute Gasteiger partial charge is 0.258 e. The highest BCUT2D eigenvalue weighted by Crippen LogP contribution is 2.14. The van der Waals surface area contributed by atoms with Gasteiger partial charge in [-0.2, -0.15) is 0 Å². The van der Waals surface area contributed by atoms with Gasteiger partial charge in [0.2, 0.25) is 0 Å². The lowest BCUT2D eigenvalue weighted by Crippen LogP contribution is -2.24. The Labute approximate surface area is 143 Å². The molecule has 0 unspecified atom stereocenters. The molecule has 0 radical (unpaired) electrons. The summed E-state index contributed by atoms with van der Waals surface area (Å²) in [5, 5.41) is 0. The van der Waals surface area contributed by atoms with Gasteiger partial charge in [-0.1, -0.05) is 6.07 Å². The van der Waals surface area contributed by atoms with E-state index in [2.05, 4.69) is 9.88 Å². The van der Waals surface area contributed by atoms with Crippen molar-refractivity contribution in [3.63, 3.8) is 0 Å². The van der Waals surface area contributed by atoms with Crippen molar-refractivity contribution in [3.05, 3.63) is 94.8 Å². The van der Waals surface area contributed by atoms with Crippen LogP contribution in [0.4, 0.5) is 0 Å².